The SMILES string of the molecule is C[NH+](CC(=O)Nc1ccccc1)Cc1cccs1. The Balaban J connectivity index is 1.80. The number of benzene rings is 1. The summed E-state index contributed by atoms with van der Waals surface area (Å²) in [6.45, 7) is 1.37. The van der Waals surface area contributed by atoms with Crippen molar-refractivity contribution in [3.05, 3.63) is 52.7 Å². The molecule has 0 fully saturated rings. The molecule has 0 saturated heterocycles. The summed E-state index contributed by atoms with van der Waals surface area (Å²) in [5, 5.41) is 4.96. The first kappa shape index (κ1) is 12.8. The Bertz CT molecular complexity index is 482. The summed E-state index contributed by atoms with van der Waals surface area (Å²) in [6, 6.07) is 13.7. The van der Waals surface area contributed by atoms with Gasteiger partial charge >= 0.3 is 0 Å². The van der Waals surface area contributed by atoms with Gasteiger partial charge in [0.05, 0.1) is 11.9 Å². The molecule has 2 N–H and O–H groups in total. The second-order valence-corrected chi connectivity index (χ2v) is 5.34. The number of hydrogen-bond donors (Lipinski definition) is 2. The zero-order valence-corrected chi connectivity index (χ0v) is 11.2. The lowest BCUT2D eigenvalue weighted by Gasteiger charge is -2.12. The average molecular weight is 261 g/mol. The number of thiophene rings is 1. The molecule has 0 aliphatic carbocycles. The number of quaternary nitrogens is 1. The molecule has 1 heterocycles. The third-order valence-electron chi connectivity index (χ3n) is 2.58. The first-order chi connectivity index (χ1) is 8.74. The fourth-order valence-electron chi connectivity index (χ4n) is 1.77. The van der Waals surface area contributed by atoms with Crippen LogP contribution in [0.15, 0.2) is 47.8 Å². The summed E-state index contributed by atoms with van der Waals surface area (Å²) >= 11 is 1.73. The molecule has 1 amide bonds. The Morgan fingerprint density at radius 3 is 2.67 bits per heavy atom. The summed E-state index contributed by atoms with van der Waals surface area (Å²) in [7, 11) is 2.03. The molecule has 0 saturated carbocycles. The monoisotopic (exact) mass is 261 g/mol. The van der Waals surface area contributed by atoms with Gasteiger partial charge in [-0.2, -0.15) is 0 Å². The van der Waals surface area contributed by atoms with Crippen LogP contribution in [0, 0.1) is 0 Å². The van der Waals surface area contributed by atoms with Crippen LogP contribution in [0.1, 0.15) is 4.88 Å². The topological polar surface area (TPSA) is 33.5 Å². The summed E-state index contributed by atoms with van der Waals surface area (Å²) < 4.78 is 0. The number of para-hydroxylation sites is 1. The maximum absolute atomic E-state index is 11.8. The van der Waals surface area contributed by atoms with Gasteiger partial charge < -0.3 is 10.2 Å². The summed E-state index contributed by atoms with van der Waals surface area (Å²) in [6.07, 6.45) is 0. The molecular formula is C14H17N2OS+. The van der Waals surface area contributed by atoms with Crippen molar-refractivity contribution in [3.8, 4) is 0 Å². The van der Waals surface area contributed by atoms with Gasteiger partial charge in [0.15, 0.2) is 6.54 Å². The molecule has 1 aromatic carbocycles. The highest BCUT2D eigenvalue weighted by molar-refractivity contribution is 7.09. The quantitative estimate of drug-likeness (QED) is 0.838. The van der Waals surface area contributed by atoms with Gasteiger partial charge in [0, 0.05) is 5.69 Å². The predicted octanol–water partition coefficient (Wildman–Crippen LogP) is 1.40. The highest BCUT2D eigenvalue weighted by atomic mass is 32.1. The fourth-order valence-corrected chi connectivity index (χ4v) is 2.59. The standard InChI is InChI=1S/C14H16N2OS/c1-16(10-13-8-5-9-18-13)11-14(17)15-12-6-3-2-4-7-12/h2-9H,10-11H2,1H3,(H,15,17)/p+1. The molecule has 0 spiro atoms. The van der Waals surface area contributed by atoms with Crippen LogP contribution in [0.3, 0.4) is 0 Å². The fraction of sp³-hybridized carbons (Fsp3) is 0.214. The zero-order valence-electron chi connectivity index (χ0n) is 10.3. The predicted molar refractivity (Wildman–Crippen MR) is 74.8 cm³/mol. The summed E-state index contributed by atoms with van der Waals surface area (Å²) in [5.74, 6) is 0.0512. The van der Waals surface area contributed by atoms with Gasteiger partial charge in [-0.3, -0.25) is 4.79 Å². The van der Waals surface area contributed by atoms with Crippen LogP contribution in [-0.2, 0) is 11.3 Å². The van der Waals surface area contributed by atoms with E-state index in [-0.39, 0.29) is 5.91 Å². The second kappa shape index (κ2) is 6.33. The summed E-state index contributed by atoms with van der Waals surface area (Å²) in [5.41, 5.74) is 0.853. The van der Waals surface area contributed by atoms with E-state index in [0.717, 1.165) is 12.2 Å². The smallest absolute Gasteiger partial charge is 0.279 e. The van der Waals surface area contributed by atoms with Gasteiger partial charge in [0.1, 0.15) is 6.54 Å². The number of likely N-dealkylation sites (N-methyl/N-ethyl adjacent to an activating group) is 1. The van der Waals surface area contributed by atoms with E-state index in [4.69, 9.17) is 0 Å². The molecule has 2 aromatic rings. The number of carbonyl (C=O) groups is 1. The van der Waals surface area contributed by atoms with E-state index in [0.29, 0.717) is 6.54 Å². The Morgan fingerprint density at radius 1 is 1.22 bits per heavy atom. The molecule has 94 valence electrons. The highest BCUT2D eigenvalue weighted by Crippen LogP contribution is 2.06. The molecule has 4 heteroatoms. The van der Waals surface area contributed by atoms with E-state index in [1.165, 1.54) is 9.78 Å². The number of amides is 1. The first-order valence-corrected chi connectivity index (χ1v) is 6.80. The molecule has 0 bridgehead atoms. The van der Waals surface area contributed by atoms with Crippen molar-refractivity contribution in [1.82, 2.24) is 0 Å². The van der Waals surface area contributed by atoms with Crippen molar-refractivity contribution < 1.29 is 9.69 Å². The highest BCUT2D eigenvalue weighted by Gasteiger charge is 2.10. The molecule has 1 aromatic heterocycles. The molecule has 0 aliphatic rings. The maximum Gasteiger partial charge on any atom is 0.279 e. The van der Waals surface area contributed by atoms with E-state index in [9.17, 15) is 4.79 Å². The normalized spacial score (nSPS) is 12.1. The van der Waals surface area contributed by atoms with Gasteiger partial charge in [-0.05, 0) is 23.6 Å². The van der Waals surface area contributed by atoms with Crippen molar-refractivity contribution in [2.75, 3.05) is 18.9 Å². The largest absolute Gasteiger partial charge is 0.325 e. The number of anilines is 1. The average Bonchev–Trinajstić information content (AvgIpc) is 2.82. The van der Waals surface area contributed by atoms with Gasteiger partial charge in [0.2, 0.25) is 0 Å². The van der Waals surface area contributed by atoms with Crippen LogP contribution in [0.25, 0.3) is 0 Å². The minimum Gasteiger partial charge on any atom is -0.325 e. The lowest BCUT2D eigenvalue weighted by Crippen LogP contribution is -3.08. The van der Waals surface area contributed by atoms with Gasteiger partial charge in [-0.25, -0.2) is 0 Å². The lowest BCUT2D eigenvalue weighted by molar-refractivity contribution is -0.884. The molecular weight excluding hydrogens is 244 g/mol. The Hall–Kier alpha value is -1.65. The third-order valence-corrected chi connectivity index (χ3v) is 3.45. The molecule has 1 unspecified atom stereocenters. The van der Waals surface area contributed by atoms with Crippen molar-refractivity contribution in [2.24, 2.45) is 0 Å². The number of nitrogens with one attached hydrogen (secondary N) is 2. The number of hydrogen-bond acceptors (Lipinski definition) is 2. The number of rotatable bonds is 5. The summed E-state index contributed by atoms with van der Waals surface area (Å²) in [4.78, 5) is 14.3. The van der Waals surface area contributed by atoms with Gasteiger partial charge in [-0.1, -0.05) is 24.3 Å². The number of carbonyl (C=O) groups excluding carboxylic acids is 1. The van der Waals surface area contributed by atoms with Gasteiger partial charge in [-0.15, -0.1) is 11.3 Å². The molecule has 3 nitrogen and oxygen atoms in total. The van der Waals surface area contributed by atoms with Crippen LogP contribution in [-0.4, -0.2) is 19.5 Å². The molecule has 18 heavy (non-hydrogen) atoms. The Morgan fingerprint density at radius 2 is 2.00 bits per heavy atom. The Kier molecular flexibility index (Phi) is 4.50. The first-order valence-electron chi connectivity index (χ1n) is 5.92. The van der Waals surface area contributed by atoms with Crippen LogP contribution in [0.4, 0.5) is 5.69 Å². The van der Waals surface area contributed by atoms with Crippen molar-refractivity contribution >= 4 is 22.9 Å². The van der Waals surface area contributed by atoms with Gasteiger partial charge in [0.25, 0.3) is 5.91 Å². The van der Waals surface area contributed by atoms with E-state index in [1.807, 2.05) is 43.4 Å². The zero-order chi connectivity index (χ0) is 12.8. The van der Waals surface area contributed by atoms with Crippen LogP contribution < -0.4 is 10.2 Å². The molecule has 0 aliphatic heterocycles. The van der Waals surface area contributed by atoms with Crippen molar-refractivity contribution in [1.29, 1.82) is 0 Å². The van der Waals surface area contributed by atoms with E-state index >= 15 is 0 Å². The van der Waals surface area contributed by atoms with Crippen LogP contribution >= 0.6 is 11.3 Å². The van der Waals surface area contributed by atoms with Crippen LogP contribution in [0.2, 0.25) is 0 Å². The minimum atomic E-state index is 0.0512. The maximum atomic E-state index is 11.8. The molecule has 0 radical (unpaired) electrons. The van der Waals surface area contributed by atoms with E-state index < -0.39 is 0 Å². The molecule has 1 atom stereocenters. The second-order valence-electron chi connectivity index (χ2n) is 4.30. The van der Waals surface area contributed by atoms with Crippen molar-refractivity contribution in [2.45, 2.75) is 6.54 Å². The van der Waals surface area contributed by atoms with E-state index in [2.05, 4.69) is 16.8 Å². The third kappa shape index (κ3) is 3.98. The minimum absolute atomic E-state index is 0.0512. The van der Waals surface area contributed by atoms with Crippen LogP contribution in [0.5, 0.6) is 0 Å². The van der Waals surface area contributed by atoms with E-state index in [1.54, 1.807) is 11.3 Å². The Labute approximate surface area is 111 Å². The molecule has 2 rings (SSSR count). The van der Waals surface area contributed by atoms with Crippen molar-refractivity contribution in [3.63, 3.8) is 0 Å². The lowest BCUT2D eigenvalue weighted by atomic mass is 10.3.